The van der Waals surface area contributed by atoms with Gasteiger partial charge in [0.15, 0.2) is 0 Å². The first-order chi connectivity index (χ1) is 15.8. The van der Waals surface area contributed by atoms with Crippen molar-refractivity contribution < 1.29 is 10.2 Å². The fourth-order valence-electron chi connectivity index (χ4n) is 4.37. The topological polar surface area (TPSA) is 43.7 Å². The Morgan fingerprint density at radius 2 is 0.812 bits per heavy atom. The molecule has 3 nitrogen and oxygen atoms in total. The van der Waals surface area contributed by atoms with Crippen molar-refractivity contribution in [3.63, 3.8) is 0 Å². The molecule has 0 aromatic heterocycles. The van der Waals surface area contributed by atoms with Gasteiger partial charge in [-0.25, -0.2) is 0 Å². The normalized spacial score (nSPS) is 11.6. The summed E-state index contributed by atoms with van der Waals surface area (Å²) in [5, 5.41) is 18.0. The van der Waals surface area contributed by atoms with E-state index in [1.54, 1.807) is 0 Å². The third-order valence-corrected chi connectivity index (χ3v) is 6.50. The minimum Gasteiger partial charge on any atom is -0.396 e. The Morgan fingerprint density at radius 3 is 1.16 bits per heavy atom. The number of unbranched alkanes of at least 4 members (excludes halogenated alkanes) is 19. The molecular weight excluding hydrogens is 394 g/mol. The van der Waals surface area contributed by atoms with Gasteiger partial charge < -0.3 is 15.1 Å². The molecule has 0 aromatic carbocycles. The van der Waals surface area contributed by atoms with Crippen LogP contribution in [0.4, 0.5) is 0 Å². The lowest BCUT2D eigenvalue weighted by Gasteiger charge is -2.19. The van der Waals surface area contributed by atoms with E-state index >= 15 is 0 Å². The first-order valence-electron chi connectivity index (χ1n) is 14.5. The van der Waals surface area contributed by atoms with Gasteiger partial charge in [0, 0.05) is 26.3 Å². The quantitative estimate of drug-likeness (QED) is 0.123. The van der Waals surface area contributed by atoms with Gasteiger partial charge in [0.05, 0.1) is 0 Å². The molecule has 0 spiro atoms. The second-order valence-electron chi connectivity index (χ2n) is 9.73. The van der Waals surface area contributed by atoms with Gasteiger partial charge in [0.25, 0.3) is 0 Å². The summed E-state index contributed by atoms with van der Waals surface area (Å²) in [7, 11) is 0. The lowest BCUT2D eigenvalue weighted by molar-refractivity contribution is 0.236. The van der Waals surface area contributed by atoms with Crippen LogP contribution in [-0.2, 0) is 0 Å². The SMILES string of the molecule is CCCCCCCCCCCCCCCCCCCCCC=CN(CCCO)CCCO. The number of hydrogen-bond donors (Lipinski definition) is 2. The summed E-state index contributed by atoms with van der Waals surface area (Å²) in [5.74, 6) is 0. The molecule has 0 atom stereocenters. The Hall–Kier alpha value is -0.540. The summed E-state index contributed by atoms with van der Waals surface area (Å²) < 4.78 is 0. The minimum atomic E-state index is 0.239. The molecule has 3 heteroatoms. The van der Waals surface area contributed by atoms with Crippen LogP contribution in [-0.4, -0.2) is 41.4 Å². The zero-order chi connectivity index (χ0) is 23.4. The van der Waals surface area contributed by atoms with Crippen LogP contribution in [0.2, 0.25) is 0 Å². The molecule has 0 radical (unpaired) electrons. The maximum Gasteiger partial charge on any atom is 0.0447 e. The number of rotatable bonds is 27. The molecule has 0 aliphatic carbocycles. The maximum absolute atomic E-state index is 8.99. The summed E-state index contributed by atoms with van der Waals surface area (Å²) in [4.78, 5) is 2.22. The standard InChI is InChI=1S/C29H59NO2/c1-2-3-4-5-6-7-8-9-10-11-12-13-14-15-16-17-18-19-20-21-22-25-30(26-23-28-31)27-24-29-32/h22,25,31-32H,2-21,23-24,26-29H2,1H3. The Balaban J connectivity index is 3.27. The van der Waals surface area contributed by atoms with Gasteiger partial charge in [-0.2, -0.15) is 0 Å². The molecule has 0 amide bonds. The molecule has 0 unspecified atom stereocenters. The van der Waals surface area contributed by atoms with E-state index in [4.69, 9.17) is 10.2 Å². The molecule has 0 aliphatic heterocycles. The summed E-state index contributed by atoms with van der Waals surface area (Å²) in [6.45, 7) is 4.53. The second kappa shape index (κ2) is 28.5. The largest absolute Gasteiger partial charge is 0.396 e. The van der Waals surface area contributed by atoms with Gasteiger partial charge in [-0.3, -0.25) is 0 Å². The Kier molecular flexibility index (Phi) is 28.0. The zero-order valence-electron chi connectivity index (χ0n) is 21.9. The van der Waals surface area contributed by atoms with Crippen LogP contribution in [0.5, 0.6) is 0 Å². The molecule has 0 bridgehead atoms. The van der Waals surface area contributed by atoms with E-state index in [-0.39, 0.29) is 13.2 Å². The van der Waals surface area contributed by atoms with Crippen molar-refractivity contribution in [3.05, 3.63) is 12.3 Å². The van der Waals surface area contributed by atoms with Crippen LogP contribution < -0.4 is 0 Å². The first kappa shape index (κ1) is 31.5. The van der Waals surface area contributed by atoms with Gasteiger partial charge in [0.2, 0.25) is 0 Å². The second-order valence-corrected chi connectivity index (χ2v) is 9.73. The van der Waals surface area contributed by atoms with Gasteiger partial charge in [-0.15, -0.1) is 0 Å². The molecule has 0 heterocycles. The van der Waals surface area contributed by atoms with Crippen molar-refractivity contribution in [1.82, 2.24) is 4.90 Å². The Labute approximate surface area is 202 Å². The molecule has 192 valence electrons. The third kappa shape index (κ3) is 25.7. The average Bonchev–Trinajstić information content (AvgIpc) is 2.81. The highest BCUT2D eigenvalue weighted by molar-refractivity contribution is 4.82. The Bertz CT molecular complexity index is 351. The fraction of sp³-hybridized carbons (Fsp3) is 0.931. The highest BCUT2D eigenvalue weighted by Gasteiger charge is 1.98. The smallest absolute Gasteiger partial charge is 0.0447 e. The molecule has 0 saturated carbocycles. The van der Waals surface area contributed by atoms with Crippen LogP contribution in [0.1, 0.15) is 148 Å². The molecule has 32 heavy (non-hydrogen) atoms. The van der Waals surface area contributed by atoms with Crippen molar-refractivity contribution in [1.29, 1.82) is 0 Å². The van der Waals surface area contributed by atoms with Crippen molar-refractivity contribution in [2.75, 3.05) is 26.3 Å². The van der Waals surface area contributed by atoms with Crippen LogP contribution >= 0.6 is 0 Å². The van der Waals surface area contributed by atoms with E-state index in [0.29, 0.717) is 0 Å². The van der Waals surface area contributed by atoms with Crippen LogP contribution in [0.25, 0.3) is 0 Å². The summed E-state index contributed by atoms with van der Waals surface area (Å²) in [5.41, 5.74) is 0. The maximum atomic E-state index is 8.99. The lowest BCUT2D eigenvalue weighted by Crippen LogP contribution is -2.21. The van der Waals surface area contributed by atoms with Crippen molar-refractivity contribution in [2.24, 2.45) is 0 Å². The predicted molar refractivity (Wildman–Crippen MR) is 142 cm³/mol. The summed E-state index contributed by atoms with van der Waals surface area (Å²) in [6.07, 6.45) is 34.3. The molecule has 0 aliphatic rings. The molecule has 0 fully saturated rings. The molecule has 2 N–H and O–H groups in total. The van der Waals surface area contributed by atoms with Crippen LogP contribution in [0.3, 0.4) is 0 Å². The first-order valence-corrected chi connectivity index (χ1v) is 14.5. The number of aliphatic hydroxyl groups excluding tert-OH is 2. The van der Waals surface area contributed by atoms with E-state index < -0.39 is 0 Å². The van der Waals surface area contributed by atoms with E-state index in [9.17, 15) is 0 Å². The van der Waals surface area contributed by atoms with Crippen LogP contribution in [0.15, 0.2) is 12.3 Å². The number of nitrogens with zero attached hydrogens (tertiary/aromatic N) is 1. The van der Waals surface area contributed by atoms with Gasteiger partial charge in [-0.05, 0) is 31.9 Å². The minimum absolute atomic E-state index is 0.239. The number of hydrogen-bond acceptors (Lipinski definition) is 3. The van der Waals surface area contributed by atoms with Crippen molar-refractivity contribution in [2.45, 2.75) is 148 Å². The van der Waals surface area contributed by atoms with E-state index in [2.05, 4.69) is 24.1 Å². The van der Waals surface area contributed by atoms with Crippen molar-refractivity contribution in [3.8, 4) is 0 Å². The zero-order valence-corrected chi connectivity index (χ0v) is 21.9. The van der Waals surface area contributed by atoms with Gasteiger partial charge >= 0.3 is 0 Å². The van der Waals surface area contributed by atoms with Gasteiger partial charge in [-0.1, -0.05) is 129 Å². The average molecular weight is 454 g/mol. The van der Waals surface area contributed by atoms with Crippen molar-refractivity contribution >= 4 is 0 Å². The highest BCUT2D eigenvalue weighted by atomic mass is 16.3. The molecule has 0 aromatic rings. The highest BCUT2D eigenvalue weighted by Crippen LogP contribution is 2.15. The Morgan fingerprint density at radius 1 is 0.469 bits per heavy atom. The lowest BCUT2D eigenvalue weighted by atomic mass is 10.0. The van der Waals surface area contributed by atoms with Crippen LogP contribution in [0, 0.1) is 0 Å². The van der Waals surface area contributed by atoms with E-state index in [0.717, 1.165) is 32.4 Å². The number of allylic oxidation sites excluding steroid dienone is 1. The predicted octanol–water partition coefficient (Wildman–Crippen LogP) is 8.39. The van der Waals surface area contributed by atoms with E-state index in [1.165, 1.54) is 122 Å². The monoisotopic (exact) mass is 453 g/mol. The van der Waals surface area contributed by atoms with Gasteiger partial charge in [0.1, 0.15) is 0 Å². The third-order valence-electron chi connectivity index (χ3n) is 6.50. The molecular formula is C29H59NO2. The fourth-order valence-corrected chi connectivity index (χ4v) is 4.37. The van der Waals surface area contributed by atoms with E-state index in [1.807, 2.05) is 0 Å². The molecule has 0 rings (SSSR count). The summed E-state index contributed by atoms with van der Waals surface area (Å²) >= 11 is 0. The molecule has 0 saturated heterocycles. The summed E-state index contributed by atoms with van der Waals surface area (Å²) in [6, 6.07) is 0. The number of aliphatic hydroxyl groups is 2.